The zero-order valence-electron chi connectivity index (χ0n) is 27.5. The van der Waals surface area contributed by atoms with Gasteiger partial charge in [0.2, 0.25) is 11.8 Å². The number of allylic oxidation sites excluding steroid dienone is 1. The standard InChI is InChI=1S/C37H44ClN3O7/c1-5-8-17-29(43)39-21-28(24-14-10-9-11-15-24)47-36(46)30-27-18-19-37(48-27)31(30)34(44)41(25(7-3)22-42)33(37)35(45)40(20-6-2)32-23(4)13-12-16-26(32)38/h5-6,9-16,25,27-28,30-31,33,42H,1-2,7-8,17-22H2,3-4H3,(H,39,43)/t25-,27-,28+,30+,31+,33-,37+/m0/s1. The van der Waals surface area contributed by atoms with Crippen molar-refractivity contribution in [2.45, 2.75) is 75.8 Å². The van der Waals surface area contributed by atoms with E-state index in [4.69, 9.17) is 21.1 Å². The Bertz CT molecular complexity index is 1530. The second-order valence-electron chi connectivity index (χ2n) is 12.7. The minimum Gasteiger partial charge on any atom is -0.455 e. The van der Waals surface area contributed by atoms with E-state index >= 15 is 0 Å². The first-order chi connectivity index (χ1) is 23.1. The zero-order valence-corrected chi connectivity index (χ0v) is 28.2. The van der Waals surface area contributed by atoms with Gasteiger partial charge in [0.1, 0.15) is 17.7 Å². The number of hydrogen-bond acceptors (Lipinski definition) is 7. The van der Waals surface area contributed by atoms with E-state index in [1.165, 1.54) is 9.80 Å². The molecule has 0 unspecified atom stereocenters. The van der Waals surface area contributed by atoms with Gasteiger partial charge in [0, 0.05) is 13.0 Å². The number of amides is 3. The number of anilines is 1. The van der Waals surface area contributed by atoms with Crippen LogP contribution in [0.25, 0.3) is 0 Å². The molecule has 2 bridgehead atoms. The number of halogens is 1. The topological polar surface area (TPSA) is 125 Å². The van der Waals surface area contributed by atoms with Gasteiger partial charge in [-0.1, -0.05) is 73.1 Å². The van der Waals surface area contributed by atoms with Gasteiger partial charge in [0.25, 0.3) is 5.91 Å². The lowest BCUT2D eigenvalue weighted by atomic mass is 9.70. The van der Waals surface area contributed by atoms with E-state index < -0.39 is 59.5 Å². The van der Waals surface area contributed by atoms with Crippen LogP contribution in [0.4, 0.5) is 5.69 Å². The van der Waals surface area contributed by atoms with Crippen molar-refractivity contribution in [3.05, 3.63) is 90.0 Å². The second kappa shape index (κ2) is 15.1. The number of carbonyl (C=O) groups is 4. The summed E-state index contributed by atoms with van der Waals surface area (Å²) in [7, 11) is 0. The van der Waals surface area contributed by atoms with Crippen LogP contribution in [-0.2, 0) is 28.7 Å². The number of hydrogen-bond donors (Lipinski definition) is 2. The minimum absolute atomic E-state index is 0.0388. The molecule has 3 saturated heterocycles. The van der Waals surface area contributed by atoms with Crippen LogP contribution in [0.1, 0.15) is 56.3 Å². The molecular weight excluding hydrogens is 634 g/mol. The number of para-hydroxylation sites is 1. The van der Waals surface area contributed by atoms with Crippen LogP contribution in [0.15, 0.2) is 73.8 Å². The van der Waals surface area contributed by atoms with E-state index in [-0.39, 0.29) is 32.0 Å². The summed E-state index contributed by atoms with van der Waals surface area (Å²) in [5.74, 6) is -3.68. The van der Waals surface area contributed by atoms with Gasteiger partial charge < -0.3 is 29.7 Å². The molecule has 2 aromatic carbocycles. The number of aryl methyl sites for hydroxylation is 1. The van der Waals surface area contributed by atoms with E-state index in [0.29, 0.717) is 42.0 Å². The van der Waals surface area contributed by atoms with Gasteiger partial charge in [0.15, 0.2) is 0 Å². The summed E-state index contributed by atoms with van der Waals surface area (Å²) >= 11 is 6.64. The number of likely N-dealkylation sites (tertiary alicyclic amines) is 1. The molecule has 0 aromatic heterocycles. The Hall–Kier alpha value is -3.99. The third kappa shape index (κ3) is 6.41. The quantitative estimate of drug-likeness (QED) is 0.207. The Labute approximate surface area is 286 Å². The van der Waals surface area contributed by atoms with Gasteiger partial charge in [-0.3, -0.25) is 19.2 Å². The van der Waals surface area contributed by atoms with Gasteiger partial charge in [-0.25, -0.2) is 0 Å². The molecule has 5 rings (SSSR count). The number of nitrogens with zero attached hydrogens (tertiary/aromatic N) is 2. The summed E-state index contributed by atoms with van der Waals surface area (Å²) < 4.78 is 12.7. The first-order valence-corrected chi connectivity index (χ1v) is 16.9. The highest BCUT2D eigenvalue weighted by Gasteiger charge is 2.75. The number of aliphatic hydroxyl groups excluding tert-OH is 1. The summed E-state index contributed by atoms with van der Waals surface area (Å²) in [4.78, 5) is 58.9. The molecule has 0 radical (unpaired) electrons. The van der Waals surface area contributed by atoms with Crippen LogP contribution >= 0.6 is 11.6 Å². The number of fused-ring (bicyclic) bond motifs is 1. The van der Waals surface area contributed by atoms with Gasteiger partial charge in [-0.05, 0) is 49.8 Å². The molecule has 0 saturated carbocycles. The highest BCUT2D eigenvalue weighted by molar-refractivity contribution is 6.34. The SMILES string of the molecule is C=CCCC(=O)NC[C@@H](OC(=O)[C@@H]1[C@@H]2CC[C@]3(O2)[C@H](C(=O)N(CC=C)c2c(C)cccc2Cl)N([C@@H](CC)CO)C(=O)[C@@H]13)c1ccccc1. The Morgan fingerprint density at radius 3 is 2.58 bits per heavy atom. The summed E-state index contributed by atoms with van der Waals surface area (Å²) in [5.41, 5.74) is 0.625. The normalized spacial score (nSPS) is 25.2. The van der Waals surface area contributed by atoms with Gasteiger partial charge >= 0.3 is 5.97 Å². The number of aliphatic hydroxyl groups is 1. The van der Waals surface area contributed by atoms with E-state index in [1.54, 1.807) is 24.3 Å². The highest BCUT2D eigenvalue weighted by Crippen LogP contribution is 2.59. The first kappa shape index (κ1) is 35.3. The lowest BCUT2D eigenvalue weighted by molar-refractivity contribution is -0.161. The number of ether oxygens (including phenoxy) is 2. The molecule has 10 nitrogen and oxygen atoms in total. The van der Waals surface area contributed by atoms with Crippen LogP contribution < -0.4 is 10.2 Å². The Morgan fingerprint density at radius 2 is 1.94 bits per heavy atom. The molecule has 2 N–H and O–H groups in total. The van der Waals surface area contributed by atoms with Crippen molar-refractivity contribution >= 4 is 41.0 Å². The van der Waals surface area contributed by atoms with Crippen molar-refractivity contribution in [1.29, 1.82) is 0 Å². The first-order valence-electron chi connectivity index (χ1n) is 16.5. The summed E-state index contributed by atoms with van der Waals surface area (Å²) in [6.45, 7) is 11.0. The molecule has 3 aliphatic heterocycles. The molecular formula is C37H44ClN3O7. The molecule has 256 valence electrons. The van der Waals surface area contributed by atoms with Crippen molar-refractivity contribution in [1.82, 2.24) is 10.2 Å². The lowest BCUT2D eigenvalue weighted by Gasteiger charge is -2.39. The summed E-state index contributed by atoms with van der Waals surface area (Å²) in [5, 5.41) is 13.6. The van der Waals surface area contributed by atoms with Crippen molar-refractivity contribution in [2.75, 3.05) is 24.6 Å². The monoisotopic (exact) mass is 677 g/mol. The Kier molecular flexibility index (Phi) is 11.1. The van der Waals surface area contributed by atoms with Gasteiger partial charge in [-0.15, -0.1) is 13.2 Å². The third-order valence-corrected chi connectivity index (χ3v) is 10.2. The fourth-order valence-electron chi connectivity index (χ4n) is 7.62. The van der Waals surface area contributed by atoms with E-state index in [0.717, 1.165) is 5.56 Å². The van der Waals surface area contributed by atoms with E-state index in [1.807, 2.05) is 50.2 Å². The highest BCUT2D eigenvalue weighted by atomic mass is 35.5. The number of esters is 1. The van der Waals surface area contributed by atoms with Crippen molar-refractivity contribution in [3.8, 4) is 0 Å². The molecule has 11 heteroatoms. The maximum atomic E-state index is 14.8. The maximum Gasteiger partial charge on any atom is 0.313 e. The van der Waals surface area contributed by atoms with Crippen molar-refractivity contribution in [3.63, 3.8) is 0 Å². The Balaban J connectivity index is 1.50. The molecule has 2 aromatic rings. The summed E-state index contributed by atoms with van der Waals surface area (Å²) in [6, 6.07) is 12.6. The average Bonchev–Trinajstić information content (AvgIpc) is 3.73. The van der Waals surface area contributed by atoms with E-state index in [9.17, 15) is 24.3 Å². The van der Waals surface area contributed by atoms with Crippen LogP contribution in [0.2, 0.25) is 5.02 Å². The molecule has 48 heavy (non-hydrogen) atoms. The largest absolute Gasteiger partial charge is 0.455 e. The van der Waals surface area contributed by atoms with Gasteiger partial charge in [0.05, 0.1) is 47.8 Å². The van der Waals surface area contributed by atoms with Crippen LogP contribution in [-0.4, -0.2) is 77.2 Å². The zero-order chi connectivity index (χ0) is 34.6. The molecule has 3 fully saturated rings. The lowest BCUT2D eigenvalue weighted by Crippen LogP contribution is -2.59. The smallest absolute Gasteiger partial charge is 0.313 e. The van der Waals surface area contributed by atoms with Crippen molar-refractivity contribution < 1.29 is 33.8 Å². The number of nitrogens with one attached hydrogen (secondary N) is 1. The molecule has 3 aliphatic rings. The van der Waals surface area contributed by atoms with Gasteiger partial charge in [-0.2, -0.15) is 0 Å². The fourth-order valence-corrected chi connectivity index (χ4v) is 7.94. The van der Waals surface area contributed by atoms with Crippen LogP contribution in [0, 0.1) is 18.8 Å². The van der Waals surface area contributed by atoms with Crippen LogP contribution in [0.5, 0.6) is 0 Å². The second-order valence-corrected chi connectivity index (χ2v) is 13.1. The number of carbonyl (C=O) groups excluding carboxylic acids is 4. The summed E-state index contributed by atoms with van der Waals surface area (Å²) in [6.07, 6.45) is 3.74. The Morgan fingerprint density at radius 1 is 1.19 bits per heavy atom. The number of benzene rings is 2. The predicted octanol–water partition coefficient (Wildman–Crippen LogP) is 4.68. The minimum atomic E-state index is -1.32. The average molecular weight is 678 g/mol. The third-order valence-electron chi connectivity index (χ3n) is 9.85. The van der Waals surface area contributed by atoms with E-state index in [2.05, 4.69) is 18.5 Å². The maximum absolute atomic E-state index is 14.8. The van der Waals surface area contributed by atoms with Crippen molar-refractivity contribution in [2.24, 2.45) is 11.8 Å². The fraction of sp³-hybridized carbons (Fsp3) is 0.459. The molecule has 1 spiro atoms. The molecule has 3 heterocycles. The van der Waals surface area contributed by atoms with Crippen LogP contribution in [0.3, 0.4) is 0 Å². The predicted molar refractivity (Wildman–Crippen MR) is 182 cm³/mol. The molecule has 7 atom stereocenters. The number of rotatable bonds is 15. The molecule has 3 amide bonds. The molecule has 0 aliphatic carbocycles.